The first-order chi connectivity index (χ1) is 9.69. The highest BCUT2D eigenvalue weighted by Crippen LogP contribution is 2.28. The number of piperidine rings is 1. The summed E-state index contributed by atoms with van der Waals surface area (Å²) in [4.78, 5) is 9.87. The third-order valence-corrected chi connectivity index (χ3v) is 4.80. The molecule has 0 amide bonds. The molecule has 0 radical (unpaired) electrons. The quantitative estimate of drug-likeness (QED) is 0.895. The van der Waals surface area contributed by atoms with Crippen molar-refractivity contribution in [2.75, 3.05) is 24.5 Å². The van der Waals surface area contributed by atoms with Gasteiger partial charge in [0, 0.05) is 37.9 Å². The molecule has 0 aromatic carbocycles. The van der Waals surface area contributed by atoms with E-state index in [0.717, 1.165) is 24.0 Å². The highest BCUT2D eigenvalue weighted by Gasteiger charge is 2.33. The van der Waals surface area contributed by atoms with Gasteiger partial charge in [-0.1, -0.05) is 6.42 Å². The van der Waals surface area contributed by atoms with Gasteiger partial charge in [0.15, 0.2) is 0 Å². The molecule has 3 rings (SSSR count). The van der Waals surface area contributed by atoms with Crippen LogP contribution in [0.2, 0.25) is 0 Å². The maximum atomic E-state index is 5.70. The number of nitrogens with zero attached hydrogens (tertiary/aromatic N) is 3. The molecular weight excluding hydrogens is 248 g/mol. The molecule has 0 bridgehead atoms. The average molecular weight is 274 g/mol. The zero-order valence-corrected chi connectivity index (χ0v) is 12.7. The zero-order chi connectivity index (χ0) is 14.1. The number of nitrogens with two attached hydrogens (primary N) is 1. The van der Waals surface area contributed by atoms with E-state index in [1.54, 1.807) is 0 Å². The summed E-state index contributed by atoms with van der Waals surface area (Å²) in [5.74, 6) is 1.15. The van der Waals surface area contributed by atoms with E-state index in [0.29, 0.717) is 12.6 Å². The standard InChI is InChI=1S/C16H26N4/c1-12-7-14(8-17)9-18-16(12)20-11-15-5-3-4-6-19(15)10-13(20)2/h7,9,13,15H,3-6,8,10-11,17H2,1-2H3. The molecule has 1 aromatic rings. The first kappa shape index (κ1) is 13.8. The highest BCUT2D eigenvalue weighted by molar-refractivity contribution is 5.49. The van der Waals surface area contributed by atoms with Gasteiger partial charge in [-0.05, 0) is 50.4 Å². The van der Waals surface area contributed by atoms with Gasteiger partial charge < -0.3 is 10.6 Å². The van der Waals surface area contributed by atoms with Gasteiger partial charge in [0.05, 0.1) is 0 Å². The van der Waals surface area contributed by atoms with Gasteiger partial charge in [-0.2, -0.15) is 0 Å². The molecule has 4 heteroatoms. The van der Waals surface area contributed by atoms with Crippen LogP contribution in [-0.2, 0) is 6.54 Å². The molecular formula is C16H26N4. The summed E-state index contributed by atoms with van der Waals surface area (Å²) in [6.07, 6.45) is 6.01. The van der Waals surface area contributed by atoms with Crippen LogP contribution < -0.4 is 10.6 Å². The largest absolute Gasteiger partial charge is 0.351 e. The van der Waals surface area contributed by atoms with E-state index >= 15 is 0 Å². The number of piperazine rings is 1. The monoisotopic (exact) mass is 274 g/mol. The second kappa shape index (κ2) is 5.70. The predicted molar refractivity (Wildman–Crippen MR) is 82.9 cm³/mol. The zero-order valence-electron chi connectivity index (χ0n) is 12.7. The summed E-state index contributed by atoms with van der Waals surface area (Å²) >= 11 is 0. The lowest BCUT2D eigenvalue weighted by Crippen LogP contribution is -2.59. The molecule has 3 heterocycles. The molecule has 1 aromatic heterocycles. The summed E-state index contributed by atoms with van der Waals surface area (Å²) in [6, 6.07) is 3.44. The second-order valence-corrected chi connectivity index (χ2v) is 6.33. The summed E-state index contributed by atoms with van der Waals surface area (Å²) in [6.45, 7) is 8.62. The molecule has 110 valence electrons. The summed E-state index contributed by atoms with van der Waals surface area (Å²) in [5, 5.41) is 0. The maximum Gasteiger partial charge on any atom is 0.131 e. The number of anilines is 1. The molecule has 2 aliphatic rings. The molecule has 0 aliphatic carbocycles. The summed E-state index contributed by atoms with van der Waals surface area (Å²) in [5.41, 5.74) is 8.08. The Morgan fingerprint density at radius 1 is 1.35 bits per heavy atom. The van der Waals surface area contributed by atoms with Crippen LogP contribution in [0.15, 0.2) is 12.3 Å². The fourth-order valence-electron chi connectivity index (χ4n) is 3.69. The highest BCUT2D eigenvalue weighted by atomic mass is 15.3. The molecule has 4 nitrogen and oxygen atoms in total. The fourth-order valence-corrected chi connectivity index (χ4v) is 3.69. The number of rotatable bonds is 2. The van der Waals surface area contributed by atoms with Gasteiger partial charge in [-0.25, -0.2) is 4.98 Å². The van der Waals surface area contributed by atoms with Crippen LogP contribution in [0.4, 0.5) is 5.82 Å². The number of aryl methyl sites for hydroxylation is 1. The predicted octanol–water partition coefficient (Wildman–Crippen LogP) is 1.91. The lowest BCUT2D eigenvalue weighted by atomic mass is 9.97. The van der Waals surface area contributed by atoms with Crippen molar-refractivity contribution in [3.05, 3.63) is 23.4 Å². The Kier molecular flexibility index (Phi) is 3.94. The van der Waals surface area contributed by atoms with E-state index in [2.05, 4.69) is 34.7 Å². The third-order valence-electron chi connectivity index (χ3n) is 4.80. The minimum Gasteiger partial charge on any atom is -0.351 e. The lowest BCUT2D eigenvalue weighted by Gasteiger charge is -2.48. The topological polar surface area (TPSA) is 45.4 Å². The maximum absolute atomic E-state index is 5.70. The Hall–Kier alpha value is -1.13. The number of aromatic nitrogens is 1. The van der Waals surface area contributed by atoms with Crippen molar-refractivity contribution in [2.24, 2.45) is 5.73 Å². The van der Waals surface area contributed by atoms with Crippen LogP contribution in [-0.4, -0.2) is 41.6 Å². The molecule has 2 N–H and O–H groups in total. The minimum absolute atomic E-state index is 0.541. The number of pyridine rings is 1. The first-order valence-electron chi connectivity index (χ1n) is 7.85. The molecule has 2 unspecified atom stereocenters. The van der Waals surface area contributed by atoms with Crippen LogP contribution in [0.1, 0.15) is 37.3 Å². The van der Waals surface area contributed by atoms with E-state index < -0.39 is 0 Å². The Morgan fingerprint density at radius 2 is 2.20 bits per heavy atom. The van der Waals surface area contributed by atoms with Gasteiger partial charge >= 0.3 is 0 Å². The molecule has 2 atom stereocenters. The summed E-state index contributed by atoms with van der Waals surface area (Å²) in [7, 11) is 0. The van der Waals surface area contributed by atoms with Gasteiger partial charge in [0.25, 0.3) is 0 Å². The van der Waals surface area contributed by atoms with Crippen molar-refractivity contribution >= 4 is 5.82 Å². The van der Waals surface area contributed by atoms with Crippen molar-refractivity contribution in [3.63, 3.8) is 0 Å². The van der Waals surface area contributed by atoms with Crippen molar-refractivity contribution in [1.29, 1.82) is 0 Å². The van der Waals surface area contributed by atoms with Crippen molar-refractivity contribution < 1.29 is 0 Å². The van der Waals surface area contributed by atoms with Gasteiger partial charge in [0.1, 0.15) is 5.82 Å². The van der Waals surface area contributed by atoms with Gasteiger partial charge in [-0.3, -0.25) is 4.90 Å². The van der Waals surface area contributed by atoms with Crippen LogP contribution >= 0.6 is 0 Å². The van der Waals surface area contributed by atoms with E-state index in [1.807, 2.05) is 6.20 Å². The molecule has 0 spiro atoms. The Bertz CT molecular complexity index is 474. The molecule has 0 saturated carbocycles. The molecule has 2 saturated heterocycles. The second-order valence-electron chi connectivity index (χ2n) is 6.33. The Labute approximate surface area is 122 Å². The van der Waals surface area contributed by atoms with Crippen LogP contribution in [0.3, 0.4) is 0 Å². The summed E-state index contributed by atoms with van der Waals surface area (Å²) < 4.78 is 0. The van der Waals surface area contributed by atoms with Gasteiger partial charge in [0.2, 0.25) is 0 Å². The normalized spacial score (nSPS) is 27.4. The van der Waals surface area contributed by atoms with E-state index in [1.165, 1.54) is 37.9 Å². The van der Waals surface area contributed by atoms with E-state index in [9.17, 15) is 0 Å². The molecule has 2 aliphatic heterocycles. The third kappa shape index (κ3) is 2.54. The number of hydrogen-bond donors (Lipinski definition) is 1. The van der Waals surface area contributed by atoms with Crippen molar-refractivity contribution in [3.8, 4) is 0 Å². The van der Waals surface area contributed by atoms with Crippen LogP contribution in [0.5, 0.6) is 0 Å². The number of hydrogen-bond acceptors (Lipinski definition) is 4. The smallest absolute Gasteiger partial charge is 0.131 e. The average Bonchev–Trinajstić information content (AvgIpc) is 2.46. The van der Waals surface area contributed by atoms with E-state index in [4.69, 9.17) is 5.73 Å². The van der Waals surface area contributed by atoms with Crippen LogP contribution in [0.25, 0.3) is 0 Å². The van der Waals surface area contributed by atoms with Gasteiger partial charge in [-0.15, -0.1) is 0 Å². The lowest BCUT2D eigenvalue weighted by molar-refractivity contribution is 0.115. The Morgan fingerprint density at radius 3 is 2.95 bits per heavy atom. The van der Waals surface area contributed by atoms with Crippen molar-refractivity contribution in [2.45, 2.75) is 51.7 Å². The fraction of sp³-hybridized carbons (Fsp3) is 0.688. The van der Waals surface area contributed by atoms with Crippen LogP contribution in [0, 0.1) is 6.92 Å². The van der Waals surface area contributed by atoms with Crippen molar-refractivity contribution in [1.82, 2.24) is 9.88 Å². The molecule has 2 fully saturated rings. The number of fused-ring (bicyclic) bond motifs is 1. The minimum atomic E-state index is 0.541. The SMILES string of the molecule is Cc1cc(CN)cnc1N1CC2CCCCN2CC1C. The Balaban J connectivity index is 1.82. The van der Waals surface area contributed by atoms with E-state index in [-0.39, 0.29) is 0 Å². The molecule has 20 heavy (non-hydrogen) atoms. The first-order valence-corrected chi connectivity index (χ1v) is 7.85.